The summed E-state index contributed by atoms with van der Waals surface area (Å²) in [5, 5.41) is 3.16. The van der Waals surface area contributed by atoms with E-state index in [0.717, 1.165) is 0 Å². The fraction of sp³-hybridized carbons (Fsp3) is 0.143. The van der Waals surface area contributed by atoms with Crippen LogP contribution in [0.3, 0.4) is 0 Å². The number of hydrogen-bond donors (Lipinski definition) is 1. The normalized spacial score (nSPS) is 10.3. The number of methoxy groups -OCH3 is 1. The second kappa shape index (κ2) is 9.16. The Morgan fingerprint density at radius 2 is 1.83 bits per heavy atom. The van der Waals surface area contributed by atoms with Crippen LogP contribution < -0.4 is 10.1 Å². The first-order valence-electron chi connectivity index (χ1n) is 8.73. The van der Waals surface area contributed by atoms with Crippen LogP contribution in [0.15, 0.2) is 61.2 Å². The molecule has 0 saturated heterocycles. The summed E-state index contributed by atoms with van der Waals surface area (Å²) >= 11 is 6.31. The van der Waals surface area contributed by atoms with Crippen molar-refractivity contribution in [1.29, 1.82) is 0 Å². The first kappa shape index (κ1) is 20.3. The third kappa shape index (κ3) is 4.89. The summed E-state index contributed by atoms with van der Waals surface area (Å²) < 4.78 is 5.18. The molecule has 0 aliphatic heterocycles. The van der Waals surface area contributed by atoms with Gasteiger partial charge in [-0.25, -0.2) is 9.97 Å². The van der Waals surface area contributed by atoms with E-state index in [1.807, 2.05) is 0 Å². The molecule has 0 unspecified atom stereocenters. The van der Waals surface area contributed by atoms with Gasteiger partial charge >= 0.3 is 0 Å². The lowest BCUT2D eigenvalue weighted by molar-refractivity contribution is 0.0785. The Bertz CT molecular complexity index is 1030. The molecule has 0 aliphatic rings. The summed E-state index contributed by atoms with van der Waals surface area (Å²) in [5.74, 6) is 0.0318. The van der Waals surface area contributed by atoms with E-state index in [1.165, 1.54) is 18.7 Å². The van der Waals surface area contributed by atoms with Crippen molar-refractivity contribution in [2.24, 2.45) is 0 Å². The molecule has 148 valence electrons. The highest BCUT2D eigenvalue weighted by molar-refractivity contribution is 6.34. The molecule has 0 spiro atoms. The molecule has 3 aromatic rings. The number of ether oxygens (including phenoxy) is 1. The minimum atomic E-state index is -0.387. The van der Waals surface area contributed by atoms with Crippen molar-refractivity contribution in [3.63, 3.8) is 0 Å². The number of benzene rings is 2. The van der Waals surface area contributed by atoms with Crippen LogP contribution in [0, 0.1) is 0 Å². The molecule has 2 aromatic carbocycles. The molecule has 0 fully saturated rings. The highest BCUT2D eigenvalue weighted by Gasteiger charge is 2.17. The number of amides is 2. The van der Waals surface area contributed by atoms with Gasteiger partial charge in [0, 0.05) is 31.5 Å². The Kier molecular flexibility index (Phi) is 6.41. The molecule has 0 atom stereocenters. The Morgan fingerprint density at radius 3 is 2.55 bits per heavy atom. The van der Waals surface area contributed by atoms with Crippen LogP contribution in [0.25, 0.3) is 0 Å². The van der Waals surface area contributed by atoms with Crippen LogP contribution in [-0.4, -0.2) is 40.8 Å². The third-order valence-corrected chi connectivity index (χ3v) is 4.55. The number of carbonyl (C=O) groups excluding carboxylic acids is 2. The molecule has 8 heteroatoms. The van der Waals surface area contributed by atoms with Gasteiger partial charge in [0.1, 0.15) is 12.1 Å². The average molecular weight is 411 g/mol. The van der Waals surface area contributed by atoms with Crippen molar-refractivity contribution in [3.8, 4) is 5.75 Å². The van der Waals surface area contributed by atoms with Crippen LogP contribution in [0.2, 0.25) is 5.02 Å². The van der Waals surface area contributed by atoms with Gasteiger partial charge in [-0.2, -0.15) is 0 Å². The van der Waals surface area contributed by atoms with Crippen molar-refractivity contribution in [3.05, 3.63) is 82.9 Å². The standard InChI is InChI=1S/C21H19ClN4O3/c1-26(21(28)14-5-3-7-17(9-14)29-2)12-15-6-4-8-18(22)19(15)25-20(27)16-10-23-13-24-11-16/h3-11,13H,12H2,1-2H3,(H,25,27). The summed E-state index contributed by atoms with van der Waals surface area (Å²) in [7, 11) is 3.23. The van der Waals surface area contributed by atoms with E-state index in [1.54, 1.807) is 61.5 Å². The molecule has 2 amide bonds. The van der Waals surface area contributed by atoms with Crippen LogP contribution in [0.5, 0.6) is 5.75 Å². The first-order chi connectivity index (χ1) is 14.0. The molecule has 7 nitrogen and oxygen atoms in total. The second-order valence-electron chi connectivity index (χ2n) is 6.25. The Balaban J connectivity index is 1.81. The highest BCUT2D eigenvalue weighted by Crippen LogP contribution is 2.28. The van der Waals surface area contributed by atoms with E-state index in [0.29, 0.717) is 33.1 Å². The van der Waals surface area contributed by atoms with Crippen LogP contribution >= 0.6 is 11.6 Å². The summed E-state index contributed by atoms with van der Waals surface area (Å²) in [6.07, 6.45) is 4.17. The molecule has 1 aromatic heterocycles. The maximum absolute atomic E-state index is 12.8. The number of rotatable bonds is 6. The SMILES string of the molecule is COc1cccc(C(=O)N(C)Cc2cccc(Cl)c2NC(=O)c2cncnc2)c1. The first-order valence-corrected chi connectivity index (χ1v) is 9.10. The van der Waals surface area contributed by atoms with Crippen LogP contribution in [-0.2, 0) is 6.54 Å². The summed E-state index contributed by atoms with van der Waals surface area (Å²) in [6, 6.07) is 12.2. The van der Waals surface area contributed by atoms with Crippen molar-refractivity contribution in [1.82, 2.24) is 14.9 Å². The number of aromatic nitrogens is 2. The van der Waals surface area contributed by atoms with E-state index in [4.69, 9.17) is 16.3 Å². The number of nitrogens with one attached hydrogen (secondary N) is 1. The average Bonchev–Trinajstić information content (AvgIpc) is 2.76. The van der Waals surface area contributed by atoms with Gasteiger partial charge in [0.05, 0.1) is 23.4 Å². The Morgan fingerprint density at radius 1 is 1.10 bits per heavy atom. The minimum absolute atomic E-state index is 0.183. The molecule has 0 radical (unpaired) electrons. The van der Waals surface area contributed by atoms with E-state index in [-0.39, 0.29) is 18.4 Å². The molecule has 0 saturated carbocycles. The third-order valence-electron chi connectivity index (χ3n) is 4.23. The van der Waals surface area contributed by atoms with Crippen molar-refractivity contribution >= 4 is 29.1 Å². The lowest BCUT2D eigenvalue weighted by Crippen LogP contribution is -2.27. The topological polar surface area (TPSA) is 84.4 Å². The smallest absolute Gasteiger partial charge is 0.258 e. The van der Waals surface area contributed by atoms with Gasteiger partial charge in [0.15, 0.2) is 0 Å². The maximum Gasteiger partial charge on any atom is 0.258 e. The predicted molar refractivity (Wildman–Crippen MR) is 110 cm³/mol. The molecule has 0 bridgehead atoms. The van der Waals surface area contributed by atoms with E-state index in [2.05, 4.69) is 15.3 Å². The fourth-order valence-corrected chi connectivity index (χ4v) is 2.99. The highest BCUT2D eigenvalue weighted by atomic mass is 35.5. The second-order valence-corrected chi connectivity index (χ2v) is 6.66. The molecule has 0 aliphatic carbocycles. The molecular weight excluding hydrogens is 392 g/mol. The number of nitrogens with zero attached hydrogens (tertiary/aromatic N) is 3. The number of carbonyl (C=O) groups is 2. The van der Waals surface area contributed by atoms with Gasteiger partial charge in [0.25, 0.3) is 11.8 Å². The van der Waals surface area contributed by atoms with Gasteiger partial charge in [-0.05, 0) is 29.8 Å². The molecule has 29 heavy (non-hydrogen) atoms. The van der Waals surface area contributed by atoms with E-state index >= 15 is 0 Å². The van der Waals surface area contributed by atoms with Crippen molar-refractivity contribution < 1.29 is 14.3 Å². The van der Waals surface area contributed by atoms with Crippen LogP contribution in [0.4, 0.5) is 5.69 Å². The zero-order valence-electron chi connectivity index (χ0n) is 15.9. The number of halogens is 1. The molecule has 1 N–H and O–H groups in total. The monoisotopic (exact) mass is 410 g/mol. The Labute approximate surface area is 173 Å². The zero-order valence-corrected chi connectivity index (χ0v) is 16.7. The van der Waals surface area contributed by atoms with Crippen molar-refractivity contribution in [2.45, 2.75) is 6.54 Å². The predicted octanol–water partition coefficient (Wildman–Crippen LogP) is 3.66. The molecule has 3 rings (SSSR count). The summed E-state index contributed by atoms with van der Waals surface area (Å²) in [4.78, 5) is 34.5. The number of anilines is 1. The summed E-state index contributed by atoms with van der Waals surface area (Å²) in [6.45, 7) is 0.248. The maximum atomic E-state index is 12.8. The van der Waals surface area contributed by atoms with Gasteiger partial charge < -0.3 is 15.0 Å². The fourth-order valence-electron chi connectivity index (χ4n) is 2.75. The van der Waals surface area contributed by atoms with Gasteiger partial charge in [-0.15, -0.1) is 0 Å². The quantitative estimate of drug-likeness (QED) is 0.670. The lowest BCUT2D eigenvalue weighted by atomic mass is 10.1. The Hall–Kier alpha value is -3.45. The largest absolute Gasteiger partial charge is 0.497 e. The van der Waals surface area contributed by atoms with Gasteiger partial charge in [-0.1, -0.05) is 29.8 Å². The lowest BCUT2D eigenvalue weighted by Gasteiger charge is -2.20. The van der Waals surface area contributed by atoms with Gasteiger partial charge in [0.2, 0.25) is 0 Å². The molecular formula is C21H19ClN4O3. The molecule has 1 heterocycles. The minimum Gasteiger partial charge on any atom is -0.497 e. The van der Waals surface area contributed by atoms with E-state index < -0.39 is 0 Å². The summed E-state index contributed by atoms with van der Waals surface area (Å²) in [5.41, 5.74) is 1.94. The number of para-hydroxylation sites is 1. The van der Waals surface area contributed by atoms with Crippen LogP contribution in [0.1, 0.15) is 26.3 Å². The van der Waals surface area contributed by atoms with Gasteiger partial charge in [-0.3, -0.25) is 9.59 Å². The zero-order chi connectivity index (χ0) is 20.8. The van der Waals surface area contributed by atoms with Crippen molar-refractivity contribution in [2.75, 3.05) is 19.5 Å². The van der Waals surface area contributed by atoms with E-state index in [9.17, 15) is 9.59 Å². The number of hydrogen-bond acceptors (Lipinski definition) is 5.